The molecule has 0 fully saturated rings. The number of hydrogen-bond acceptors (Lipinski definition) is 5. The Labute approximate surface area is 95.8 Å². The van der Waals surface area contributed by atoms with Crippen LogP contribution >= 0.6 is 0 Å². The van der Waals surface area contributed by atoms with E-state index in [2.05, 4.69) is 4.74 Å². The maximum absolute atomic E-state index is 11.6. The van der Waals surface area contributed by atoms with Gasteiger partial charge in [0.25, 0.3) is 0 Å². The van der Waals surface area contributed by atoms with Crippen LogP contribution in [0.15, 0.2) is 0 Å². The van der Waals surface area contributed by atoms with Crippen LogP contribution in [0.4, 0.5) is 0 Å². The number of carbonyl (C=O) groups is 1. The van der Waals surface area contributed by atoms with E-state index in [0.717, 1.165) is 4.31 Å². The molecule has 0 bridgehead atoms. The van der Waals surface area contributed by atoms with Crippen LogP contribution in [0.3, 0.4) is 0 Å². The molecule has 0 amide bonds. The lowest BCUT2D eigenvalue weighted by molar-refractivity contribution is -0.140. The molecule has 0 saturated carbocycles. The highest BCUT2D eigenvalue weighted by molar-refractivity contribution is 7.89. The number of esters is 1. The topological polar surface area (TPSA) is 87.5 Å². The van der Waals surface area contributed by atoms with Gasteiger partial charge in [0.15, 0.2) is 5.25 Å². The minimum Gasteiger partial charge on any atom is -0.469 e. The van der Waals surface area contributed by atoms with Crippen LogP contribution in [0.25, 0.3) is 0 Å². The van der Waals surface area contributed by atoms with Gasteiger partial charge in [-0.25, -0.2) is 12.7 Å². The standard InChI is InChI=1S/C9H16N2O4S/c1-8(7-10)16(13,14)11(2)6-4-5-9(12)15-3/h8H,4-6H2,1-3H3. The molecule has 0 radical (unpaired) electrons. The molecule has 16 heavy (non-hydrogen) atoms. The van der Waals surface area contributed by atoms with E-state index in [0.29, 0.717) is 6.42 Å². The summed E-state index contributed by atoms with van der Waals surface area (Å²) in [4.78, 5) is 10.8. The summed E-state index contributed by atoms with van der Waals surface area (Å²) in [5.41, 5.74) is 0. The van der Waals surface area contributed by atoms with Crippen molar-refractivity contribution in [2.24, 2.45) is 0 Å². The van der Waals surface area contributed by atoms with Crippen molar-refractivity contribution in [1.82, 2.24) is 4.31 Å². The van der Waals surface area contributed by atoms with E-state index in [1.165, 1.54) is 21.1 Å². The molecule has 0 aromatic heterocycles. The molecule has 92 valence electrons. The Morgan fingerprint density at radius 1 is 1.56 bits per heavy atom. The highest BCUT2D eigenvalue weighted by Gasteiger charge is 2.25. The Bertz CT molecular complexity index is 371. The number of hydrogen-bond donors (Lipinski definition) is 0. The Kier molecular flexibility index (Phi) is 6.00. The van der Waals surface area contributed by atoms with Gasteiger partial charge in [-0.2, -0.15) is 5.26 Å². The fourth-order valence-corrected chi connectivity index (χ4v) is 2.07. The Balaban J connectivity index is 4.23. The van der Waals surface area contributed by atoms with Crippen molar-refractivity contribution >= 4 is 16.0 Å². The fraction of sp³-hybridized carbons (Fsp3) is 0.778. The third kappa shape index (κ3) is 4.16. The quantitative estimate of drug-likeness (QED) is 0.623. The second-order valence-electron chi connectivity index (χ2n) is 3.32. The van der Waals surface area contributed by atoms with Gasteiger partial charge in [0.05, 0.1) is 13.2 Å². The van der Waals surface area contributed by atoms with E-state index < -0.39 is 15.3 Å². The van der Waals surface area contributed by atoms with E-state index in [9.17, 15) is 13.2 Å². The van der Waals surface area contributed by atoms with Gasteiger partial charge in [-0.1, -0.05) is 0 Å². The van der Waals surface area contributed by atoms with Crippen molar-refractivity contribution in [2.75, 3.05) is 20.7 Å². The Morgan fingerprint density at radius 2 is 2.12 bits per heavy atom. The Hall–Kier alpha value is -1.13. The van der Waals surface area contributed by atoms with E-state index >= 15 is 0 Å². The average Bonchev–Trinajstić information content (AvgIpc) is 2.27. The number of methoxy groups -OCH3 is 1. The largest absolute Gasteiger partial charge is 0.469 e. The highest BCUT2D eigenvalue weighted by atomic mass is 32.2. The van der Waals surface area contributed by atoms with Gasteiger partial charge < -0.3 is 4.74 Å². The summed E-state index contributed by atoms with van der Waals surface area (Å²) >= 11 is 0. The molecular formula is C9H16N2O4S. The van der Waals surface area contributed by atoms with E-state index in [-0.39, 0.29) is 18.9 Å². The zero-order valence-electron chi connectivity index (χ0n) is 9.63. The molecule has 0 rings (SSSR count). The zero-order chi connectivity index (χ0) is 12.8. The summed E-state index contributed by atoms with van der Waals surface area (Å²) in [5.74, 6) is -0.376. The first-order valence-electron chi connectivity index (χ1n) is 4.77. The average molecular weight is 248 g/mol. The molecule has 0 saturated heterocycles. The van der Waals surface area contributed by atoms with Gasteiger partial charge in [-0.15, -0.1) is 0 Å². The Morgan fingerprint density at radius 3 is 2.56 bits per heavy atom. The first-order valence-corrected chi connectivity index (χ1v) is 6.28. The third-order valence-electron chi connectivity index (χ3n) is 2.14. The third-order valence-corrected chi connectivity index (χ3v) is 4.20. The van der Waals surface area contributed by atoms with Crippen LogP contribution < -0.4 is 0 Å². The van der Waals surface area contributed by atoms with Crippen molar-refractivity contribution in [1.29, 1.82) is 5.26 Å². The van der Waals surface area contributed by atoms with E-state index in [1.54, 1.807) is 6.07 Å². The smallest absolute Gasteiger partial charge is 0.305 e. The molecule has 0 aromatic rings. The lowest BCUT2D eigenvalue weighted by Crippen LogP contribution is -2.34. The van der Waals surface area contributed by atoms with Crippen LogP contribution in [0.5, 0.6) is 0 Å². The van der Waals surface area contributed by atoms with Crippen molar-refractivity contribution < 1.29 is 17.9 Å². The minimum absolute atomic E-state index is 0.164. The summed E-state index contributed by atoms with van der Waals surface area (Å²) in [5, 5.41) is 7.47. The van der Waals surface area contributed by atoms with Crippen LogP contribution in [-0.4, -0.2) is 44.6 Å². The van der Waals surface area contributed by atoms with Gasteiger partial charge in [0, 0.05) is 20.0 Å². The highest BCUT2D eigenvalue weighted by Crippen LogP contribution is 2.07. The molecule has 0 N–H and O–H groups in total. The van der Waals surface area contributed by atoms with E-state index in [4.69, 9.17) is 5.26 Å². The van der Waals surface area contributed by atoms with Gasteiger partial charge in [0.2, 0.25) is 10.0 Å². The predicted molar refractivity (Wildman–Crippen MR) is 57.9 cm³/mol. The predicted octanol–water partition coefficient (Wildman–Crippen LogP) is 0.113. The summed E-state index contributed by atoms with van der Waals surface area (Å²) in [7, 11) is -0.906. The second kappa shape index (κ2) is 6.45. The first-order chi connectivity index (χ1) is 7.36. The number of nitrogens with zero attached hydrogens (tertiary/aromatic N) is 2. The van der Waals surface area contributed by atoms with Crippen LogP contribution in [0.2, 0.25) is 0 Å². The maximum Gasteiger partial charge on any atom is 0.305 e. The van der Waals surface area contributed by atoms with Crippen LogP contribution in [0.1, 0.15) is 19.8 Å². The molecule has 0 heterocycles. The van der Waals surface area contributed by atoms with Crippen molar-refractivity contribution in [3.8, 4) is 6.07 Å². The van der Waals surface area contributed by atoms with Crippen molar-refractivity contribution in [2.45, 2.75) is 25.0 Å². The molecule has 0 aliphatic heterocycles. The van der Waals surface area contributed by atoms with Gasteiger partial charge in [-0.05, 0) is 13.3 Å². The number of rotatable bonds is 6. The SMILES string of the molecule is COC(=O)CCCN(C)S(=O)(=O)C(C)C#N. The van der Waals surface area contributed by atoms with Crippen LogP contribution in [-0.2, 0) is 19.6 Å². The van der Waals surface area contributed by atoms with E-state index in [1.807, 2.05) is 0 Å². The van der Waals surface area contributed by atoms with Gasteiger partial charge in [0.1, 0.15) is 0 Å². The molecule has 0 aliphatic rings. The molecule has 0 spiro atoms. The first kappa shape index (κ1) is 14.9. The maximum atomic E-state index is 11.6. The normalized spacial score (nSPS) is 13.2. The van der Waals surface area contributed by atoms with Crippen molar-refractivity contribution in [3.63, 3.8) is 0 Å². The summed E-state index contributed by atoms with van der Waals surface area (Å²) < 4.78 is 28.7. The number of ether oxygens (including phenoxy) is 1. The van der Waals surface area contributed by atoms with Gasteiger partial charge in [-0.3, -0.25) is 4.79 Å². The summed E-state index contributed by atoms with van der Waals surface area (Å²) in [6, 6.07) is 1.68. The molecule has 6 nitrogen and oxygen atoms in total. The molecule has 0 aliphatic carbocycles. The second-order valence-corrected chi connectivity index (χ2v) is 5.68. The molecular weight excluding hydrogens is 232 g/mol. The van der Waals surface area contributed by atoms with Gasteiger partial charge >= 0.3 is 5.97 Å². The summed E-state index contributed by atoms with van der Waals surface area (Å²) in [6.07, 6.45) is 0.540. The molecule has 7 heteroatoms. The minimum atomic E-state index is -3.57. The lowest BCUT2D eigenvalue weighted by Gasteiger charge is -2.17. The monoisotopic (exact) mass is 248 g/mol. The number of carbonyl (C=O) groups excluding carboxylic acids is 1. The summed E-state index contributed by atoms with van der Waals surface area (Å²) in [6.45, 7) is 1.52. The van der Waals surface area contributed by atoms with Crippen molar-refractivity contribution in [3.05, 3.63) is 0 Å². The number of sulfonamides is 1. The fourth-order valence-electron chi connectivity index (χ4n) is 1.01. The molecule has 0 aromatic carbocycles. The zero-order valence-corrected chi connectivity index (χ0v) is 10.5. The van der Waals surface area contributed by atoms with Crippen LogP contribution in [0, 0.1) is 11.3 Å². The molecule has 1 unspecified atom stereocenters. The lowest BCUT2D eigenvalue weighted by atomic mass is 10.3. The number of nitriles is 1. The molecule has 1 atom stereocenters.